The Balaban J connectivity index is 1.78. The van der Waals surface area contributed by atoms with Crippen LogP contribution < -0.4 is 5.32 Å². The summed E-state index contributed by atoms with van der Waals surface area (Å²) in [4.78, 5) is 0. The number of nitrogens with zero attached hydrogens (tertiary/aromatic N) is 2. The van der Waals surface area contributed by atoms with Crippen molar-refractivity contribution in [1.29, 1.82) is 0 Å². The number of rotatable bonds is 4. The Morgan fingerprint density at radius 2 is 1.95 bits per heavy atom. The average Bonchev–Trinajstić information content (AvgIpc) is 3.10. The first-order valence-corrected chi connectivity index (χ1v) is 6.43. The van der Waals surface area contributed by atoms with Crippen molar-refractivity contribution in [3.05, 3.63) is 54.1 Å². The molecular weight excluding hydrogens is 254 g/mol. The molecule has 2 heterocycles. The number of benzene rings is 1. The van der Waals surface area contributed by atoms with Gasteiger partial charge in [0.1, 0.15) is 17.7 Å². The lowest BCUT2D eigenvalue weighted by molar-refractivity contribution is 0.375. The third-order valence-corrected chi connectivity index (χ3v) is 3.15. The molecule has 0 aliphatic rings. The Labute approximate surface area is 116 Å². The van der Waals surface area contributed by atoms with Gasteiger partial charge in [-0.2, -0.15) is 0 Å². The van der Waals surface area contributed by atoms with Crippen LogP contribution in [0.1, 0.15) is 24.4 Å². The largest absolute Gasteiger partial charge is 0.371 e. The lowest BCUT2D eigenvalue weighted by Crippen LogP contribution is -2.05. The maximum atomic E-state index is 5.41. The minimum atomic E-state index is -0.0157. The van der Waals surface area contributed by atoms with Crippen molar-refractivity contribution < 1.29 is 9.05 Å². The average molecular weight is 269 g/mol. The van der Waals surface area contributed by atoms with Crippen LogP contribution in [0.25, 0.3) is 11.3 Å². The van der Waals surface area contributed by atoms with Crippen LogP contribution in [0.2, 0.25) is 0 Å². The molecule has 3 aromatic rings. The van der Waals surface area contributed by atoms with E-state index in [2.05, 4.69) is 15.6 Å². The van der Waals surface area contributed by atoms with Gasteiger partial charge in [0.05, 0.1) is 11.7 Å². The Hall–Kier alpha value is -2.56. The quantitative estimate of drug-likeness (QED) is 0.780. The Morgan fingerprint density at radius 1 is 1.15 bits per heavy atom. The highest BCUT2D eigenvalue weighted by atomic mass is 16.5. The van der Waals surface area contributed by atoms with Gasteiger partial charge in [0, 0.05) is 11.6 Å². The van der Waals surface area contributed by atoms with Crippen molar-refractivity contribution in [2.45, 2.75) is 19.9 Å². The first-order valence-electron chi connectivity index (χ1n) is 6.43. The van der Waals surface area contributed by atoms with Gasteiger partial charge in [0.2, 0.25) is 0 Å². The van der Waals surface area contributed by atoms with E-state index in [1.54, 1.807) is 6.26 Å². The lowest BCUT2D eigenvalue weighted by atomic mass is 10.1. The summed E-state index contributed by atoms with van der Waals surface area (Å²) in [7, 11) is 0. The fourth-order valence-electron chi connectivity index (χ4n) is 1.97. The monoisotopic (exact) mass is 269 g/mol. The maximum absolute atomic E-state index is 5.41. The molecule has 5 nitrogen and oxygen atoms in total. The van der Waals surface area contributed by atoms with E-state index in [0.29, 0.717) is 0 Å². The second-order valence-electron chi connectivity index (χ2n) is 4.66. The Kier molecular flexibility index (Phi) is 3.25. The van der Waals surface area contributed by atoms with Crippen molar-refractivity contribution in [1.82, 2.24) is 10.3 Å². The summed E-state index contributed by atoms with van der Waals surface area (Å²) in [6.45, 7) is 3.88. The SMILES string of the molecule is Cc1nocc1NC(C)c1cc(-c2ccccc2)no1. The van der Waals surface area contributed by atoms with Gasteiger partial charge in [-0.05, 0) is 13.8 Å². The molecule has 0 spiro atoms. The van der Waals surface area contributed by atoms with E-state index in [1.165, 1.54) is 0 Å². The highest BCUT2D eigenvalue weighted by molar-refractivity contribution is 5.58. The molecule has 102 valence electrons. The van der Waals surface area contributed by atoms with Crippen LogP contribution in [0.15, 0.2) is 51.7 Å². The molecule has 2 aromatic heterocycles. The van der Waals surface area contributed by atoms with Gasteiger partial charge in [0.15, 0.2) is 5.76 Å². The molecule has 20 heavy (non-hydrogen) atoms. The van der Waals surface area contributed by atoms with Crippen molar-refractivity contribution in [2.75, 3.05) is 5.32 Å². The zero-order chi connectivity index (χ0) is 13.9. The zero-order valence-corrected chi connectivity index (χ0v) is 11.3. The van der Waals surface area contributed by atoms with Crippen LogP contribution in [-0.2, 0) is 0 Å². The van der Waals surface area contributed by atoms with Crippen LogP contribution in [0.5, 0.6) is 0 Å². The summed E-state index contributed by atoms with van der Waals surface area (Å²) in [6.07, 6.45) is 1.58. The summed E-state index contributed by atoms with van der Waals surface area (Å²) < 4.78 is 10.3. The number of aromatic nitrogens is 2. The highest BCUT2D eigenvalue weighted by Gasteiger charge is 2.15. The Morgan fingerprint density at radius 3 is 2.65 bits per heavy atom. The molecule has 0 aliphatic heterocycles. The number of nitrogens with one attached hydrogen (secondary N) is 1. The van der Waals surface area contributed by atoms with E-state index in [1.807, 2.05) is 50.2 Å². The van der Waals surface area contributed by atoms with E-state index in [4.69, 9.17) is 9.05 Å². The predicted octanol–water partition coefficient (Wildman–Crippen LogP) is 3.81. The molecule has 0 saturated carbocycles. The second-order valence-corrected chi connectivity index (χ2v) is 4.66. The lowest BCUT2D eigenvalue weighted by Gasteiger charge is -2.09. The van der Waals surface area contributed by atoms with Gasteiger partial charge in [0.25, 0.3) is 0 Å². The first kappa shape index (κ1) is 12.5. The molecule has 0 aliphatic carbocycles. The second kappa shape index (κ2) is 5.21. The normalized spacial score (nSPS) is 12.3. The third kappa shape index (κ3) is 2.42. The zero-order valence-electron chi connectivity index (χ0n) is 11.3. The van der Waals surface area contributed by atoms with Gasteiger partial charge >= 0.3 is 0 Å². The molecule has 1 aromatic carbocycles. The molecule has 3 rings (SSSR count). The van der Waals surface area contributed by atoms with Gasteiger partial charge in [-0.25, -0.2) is 0 Å². The van der Waals surface area contributed by atoms with Gasteiger partial charge in [-0.3, -0.25) is 0 Å². The maximum Gasteiger partial charge on any atom is 0.159 e. The van der Waals surface area contributed by atoms with Crippen LogP contribution in [0.3, 0.4) is 0 Å². The standard InChI is InChI=1S/C15H15N3O2/c1-10-14(9-19-17-10)16-11(2)15-8-13(18-20-15)12-6-4-3-5-7-12/h3-9,11,16H,1-2H3. The fraction of sp³-hybridized carbons (Fsp3) is 0.200. The smallest absolute Gasteiger partial charge is 0.159 e. The third-order valence-electron chi connectivity index (χ3n) is 3.15. The molecule has 1 N–H and O–H groups in total. The van der Waals surface area contributed by atoms with Crippen molar-refractivity contribution >= 4 is 5.69 Å². The molecular formula is C15H15N3O2. The van der Waals surface area contributed by atoms with Crippen molar-refractivity contribution in [3.63, 3.8) is 0 Å². The molecule has 0 radical (unpaired) electrons. The molecule has 0 saturated heterocycles. The predicted molar refractivity (Wildman–Crippen MR) is 75.2 cm³/mol. The summed E-state index contributed by atoms with van der Waals surface area (Å²) in [5.41, 5.74) is 3.54. The van der Waals surface area contributed by atoms with E-state index in [-0.39, 0.29) is 6.04 Å². The van der Waals surface area contributed by atoms with Crippen molar-refractivity contribution in [2.24, 2.45) is 0 Å². The molecule has 1 atom stereocenters. The summed E-state index contributed by atoms with van der Waals surface area (Å²) in [5.74, 6) is 0.768. The summed E-state index contributed by atoms with van der Waals surface area (Å²) in [6, 6.07) is 11.9. The highest BCUT2D eigenvalue weighted by Crippen LogP contribution is 2.25. The topological polar surface area (TPSA) is 64.1 Å². The van der Waals surface area contributed by atoms with E-state index in [9.17, 15) is 0 Å². The molecule has 1 unspecified atom stereocenters. The van der Waals surface area contributed by atoms with Gasteiger partial charge < -0.3 is 14.4 Å². The minimum Gasteiger partial charge on any atom is -0.371 e. The molecule has 0 amide bonds. The number of hydrogen-bond donors (Lipinski definition) is 1. The molecule has 0 fully saturated rings. The van der Waals surface area contributed by atoms with Crippen LogP contribution >= 0.6 is 0 Å². The number of hydrogen-bond acceptors (Lipinski definition) is 5. The van der Waals surface area contributed by atoms with E-state index in [0.717, 1.165) is 28.4 Å². The Bertz CT molecular complexity index is 688. The minimum absolute atomic E-state index is 0.0157. The summed E-state index contributed by atoms with van der Waals surface area (Å²) >= 11 is 0. The van der Waals surface area contributed by atoms with E-state index >= 15 is 0 Å². The van der Waals surface area contributed by atoms with Crippen LogP contribution in [-0.4, -0.2) is 10.3 Å². The number of aryl methyl sites for hydroxylation is 1. The van der Waals surface area contributed by atoms with Gasteiger partial charge in [-0.1, -0.05) is 40.6 Å². The first-order chi connectivity index (χ1) is 9.74. The number of anilines is 1. The summed E-state index contributed by atoms with van der Waals surface area (Å²) in [5, 5.41) is 11.2. The molecule has 5 heteroatoms. The fourth-order valence-corrected chi connectivity index (χ4v) is 1.97. The van der Waals surface area contributed by atoms with Crippen LogP contribution in [0, 0.1) is 6.92 Å². The van der Waals surface area contributed by atoms with E-state index < -0.39 is 0 Å². The molecule has 0 bridgehead atoms. The van der Waals surface area contributed by atoms with Gasteiger partial charge in [-0.15, -0.1) is 0 Å². The van der Waals surface area contributed by atoms with Crippen molar-refractivity contribution in [3.8, 4) is 11.3 Å². The van der Waals surface area contributed by atoms with Crippen LogP contribution in [0.4, 0.5) is 5.69 Å².